The quantitative estimate of drug-likeness (QED) is 0.694. The SMILES string of the molecule is CCO[C@H](C(=O)O)[C@H](O)c1ccc(-c2cccc(CNC)c2)cc1. The van der Waals surface area contributed by atoms with Gasteiger partial charge in [0, 0.05) is 13.2 Å². The van der Waals surface area contributed by atoms with E-state index in [1.165, 1.54) is 5.56 Å². The number of carboxylic acids is 1. The summed E-state index contributed by atoms with van der Waals surface area (Å²) in [6.07, 6.45) is -2.47. The third kappa shape index (κ3) is 4.41. The number of carboxylic acid groups (broad SMARTS) is 1. The second-order valence-corrected chi connectivity index (χ2v) is 5.51. The molecule has 5 heteroatoms. The van der Waals surface area contributed by atoms with Gasteiger partial charge < -0.3 is 20.3 Å². The maximum Gasteiger partial charge on any atom is 0.335 e. The topological polar surface area (TPSA) is 78.8 Å². The summed E-state index contributed by atoms with van der Waals surface area (Å²) in [5, 5.41) is 22.5. The van der Waals surface area contributed by atoms with Gasteiger partial charge in [0.1, 0.15) is 6.10 Å². The summed E-state index contributed by atoms with van der Waals surface area (Å²) in [5.74, 6) is -1.17. The highest BCUT2D eigenvalue weighted by Crippen LogP contribution is 2.25. The van der Waals surface area contributed by atoms with Crippen LogP contribution in [0.25, 0.3) is 11.1 Å². The second-order valence-electron chi connectivity index (χ2n) is 5.51. The molecular formula is C19H23NO4. The van der Waals surface area contributed by atoms with Crippen LogP contribution in [0.1, 0.15) is 24.2 Å². The molecule has 128 valence electrons. The first-order chi connectivity index (χ1) is 11.6. The Bertz CT molecular complexity index is 669. The summed E-state index contributed by atoms with van der Waals surface area (Å²) in [4.78, 5) is 11.2. The fourth-order valence-electron chi connectivity index (χ4n) is 2.59. The maximum atomic E-state index is 11.2. The molecule has 0 fully saturated rings. The largest absolute Gasteiger partial charge is 0.479 e. The van der Waals surface area contributed by atoms with Crippen molar-refractivity contribution in [2.24, 2.45) is 0 Å². The van der Waals surface area contributed by atoms with Crippen LogP contribution in [-0.4, -0.2) is 35.9 Å². The van der Waals surface area contributed by atoms with Crippen molar-refractivity contribution in [3.8, 4) is 11.1 Å². The van der Waals surface area contributed by atoms with Gasteiger partial charge in [0.25, 0.3) is 0 Å². The zero-order valence-electron chi connectivity index (χ0n) is 13.9. The predicted molar refractivity (Wildman–Crippen MR) is 92.7 cm³/mol. The van der Waals surface area contributed by atoms with Crippen molar-refractivity contribution in [2.45, 2.75) is 25.7 Å². The molecule has 2 aromatic rings. The Morgan fingerprint density at radius 2 is 1.88 bits per heavy atom. The molecule has 0 spiro atoms. The number of aliphatic hydroxyl groups is 1. The minimum Gasteiger partial charge on any atom is -0.479 e. The molecule has 3 N–H and O–H groups in total. The molecule has 0 saturated carbocycles. The molecule has 0 radical (unpaired) electrons. The molecule has 5 nitrogen and oxygen atoms in total. The molecule has 0 saturated heterocycles. The van der Waals surface area contributed by atoms with Gasteiger partial charge in [-0.25, -0.2) is 4.79 Å². The maximum absolute atomic E-state index is 11.2. The summed E-state index contributed by atoms with van der Waals surface area (Å²) >= 11 is 0. The van der Waals surface area contributed by atoms with Crippen molar-refractivity contribution in [3.05, 3.63) is 59.7 Å². The number of hydrogen-bond donors (Lipinski definition) is 3. The van der Waals surface area contributed by atoms with Crippen LogP contribution in [0.5, 0.6) is 0 Å². The van der Waals surface area contributed by atoms with Crippen LogP contribution in [0.4, 0.5) is 0 Å². The summed E-state index contributed by atoms with van der Waals surface area (Å²) in [6.45, 7) is 2.72. The minimum absolute atomic E-state index is 0.227. The molecule has 24 heavy (non-hydrogen) atoms. The van der Waals surface area contributed by atoms with Crippen molar-refractivity contribution in [1.82, 2.24) is 5.32 Å². The van der Waals surface area contributed by atoms with Gasteiger partial charge >= 0.3 is 5.97 Å². The Labute approximate surface area is 141 Å². The number of nitrogens with one attached hydrogen (secondary N) is 1. The van der Waals surface area contributed by atoms with Gasteiger partial charge in [-0.15, -0.1) is 0 Å². The van der Waals surface area contributed by atoms with Crippen molar-refractivity contribution in [1.29, 1.82) is 0 Å². The van der Waals surface area contributed by atoms with E-state index in [2.05, 4.69) is 17.4 Å². The van der Waals surface area contributed by atoms with Crippen molar-refractivity contribution < 1.29 is 19.7 Å². The lowest BCUT2D eigenvalue weighted by Crippen LogP contribution is -2.31. The van der Waals surface area contributed by atoms with E-state index in [-0.39, 0.29) is 6.61 Å². The number of ether oxygens (including phenoxy) is 1. The van der Waals surface area contributed by atoms with Crippen LogP contribution in [0.15, 0.2) is 48.5 Å². The molecule has 2 aromatic carbocycles. The Morgan fingerprint density at radius 3 is 2.46 bits per heavy atom. The van der Waals surface area contributed by atoms with E-state index in [1.54, 1.807) is 19.1 Å². The lowest BCUT2D eigenvalue weighted by Gasteiger charge is -2.19. The molecule has 0 aromatic heterocycles. The number of aliphatic hydroxyl groups excluding tert-OH is 1. The van der Waals surface area contributed by atoms with Gasteiger partial charge in [0.05, 0.1) is 0 Å². The van der Waals surface area contributed by atoms with E-state index >= 15 is 0 Å². The van der Waals surface area contributed by atoms with E-state index in [1.807, 2.05) is 31.3 Å². The van der Waals surface area contributed by atoms with Crippen molar-refractivity contribution in [2.75, 3.05) is 13.7 Å². The molecule has 0 amide bonds. The highest BCUT2D eigenvalue weighted by molar-refractivity contribution is 5.73. The van der Waals surface area contributed by atoms with Crippen LogP contribution in [0.2, 0.25) is 0 Å². The van der Waals surface area contributed by atoms with E-state index in [9.17, 15) is 9.90 Å². The first kappa shape index (κ1) is 18.1. The van der Waals surface area contributed by atoms with Gasteiger partial charge in [-0.05, 0) is 42.3 Å². The molecule has 0 aliphatic rings. The standard InChI is InChI=1S/C19H23NO4/c1-3-24-18(19(22)23)17(21)15-9-7-14(8-10-15)16-6-4-5-13(11-16)12-20-2/h4-11,17-18,20-21H,3,12H2,1-2H3,(H,22,23)/t17-,18+/m1/s1. The monoisotopic (exact) mass is 329 g/mol. The number of benzene rings is 2. The first-order valence-corrected chi connectivity index (χ1v) is 7.93. The molecule has 0 bridgehead atoms. The van der Waals surface area contributed by atoms with Gasteiger partial charge in [-0.2, -0.15) is 0 Å². The van der Waals surface area contributed by atoms with Gasteiger partial charge in [0.15, 0.2) is 6.10 Å². The minimum atomic E-state index is -1.26. The lowest BCUT2D eigenvalue weighted by molar-refractivity contribution is -0.158. The molecule has 2 atom stereocenters. The Balaban J connectivity index is 2.21. The third-order valence-corrected chi connectivity index (χ3v) is 3.77. The van der Waals surface area contributed by atoms with Crippen molar-refractivity contribution >= 4 is 5.97 Å². The predicted octanol–water partition coefficient (Wildman–Crippen LogP) is 2.60. The molecule has 0 aliphatic carbocycles. The summed E-state index contributed by atoms with van der Waals surface area (Å²) < 4.78 is 5.12. The van der Waals surface area contributed by atoms with Gasteiger partial charge in [-0.1, -0.05) is 42.5 Å². The number of rotatable bonds is 8. The van der Waals surface area contributed by atoms with Crippen molar-refractivity contribution in [3.63, 3.8) is 0 Å². The zero-order valence-corrected chi connectivity index (χ0v) is 13.9. The second kappa shape index (κ2) is 8.59. The van der Waals surface area contributed by atoms with E-state index in [4.69, 9.17) is 9.84 Å². The van der Waals surface area contributed by atoms with Crippen LogP contribution in [0.3, 0.4) is 0 Å². The average Bonchev–Trinajstić information content (AvgIpc) is 2.59. The number of hydrogen-bond acceptors (Lipinski definition) is 4. The fourth-order valence-corrected chi connectivity index (χ4v) is 2.59. The Morgan fingerprint density at radius 1 is 1.17 bits per heavy atom. The smallest absolute Gasteiger partial charge is 0.335 e. The average molecular weight is 329 g/mol. The molecule has 0 aliphatic heterocycles. The van der Waals surface area contributed by atoms with Crippen LogP contribution >= 0.6 is 0 Å². The molecule has 0 heterocycles. The molecular weight excluding hydrogens is 306 g/mol. The van der Waals surface area contributed by atoms with E-state index in [0.717, 1.165) is 17.7 Å². The highest BCUT2D eigenvalue weighted by Gasteiger charge is 2.28. The van der Waals surface area contributed by atoms with Gasteiger partial charge in [-0.3, -0.25) is 0 Å². The normalized spacial score (nSPS) is 13.5. The lowest BCUT2D eigenvalue weighted by atomic mass is 9.98. The van der Waals surface area contributed by atoms with E-state index < -0.39 is 18.2 Å². The fraction of sp³-hybridized carbons (Fsp3) is 0.316. The highest BCUT2D eigenvalue weighted by atomic mass is 16.5. The number of aliphatic carboxylic acids is 1. The van der Waals surface area contributed by atoms with Crippen LogP contribution in [-0.2, 0) is 16.1 Å². The van der Waals surface area contributed by atoms with Crippen LogP contribution in [0, 0.1) is 0 Å². The summed E-state index contributed by atoms with van der Waals surface area (Å²) in [6, 6.07) is 15.4. The third-order valence-electron chi connectivity index (χ3n) is 3.77. The zero-order chi connectivity index (χ0) is 17.5. The molecule has 0 unspecified atom stereocenters. The van der Waals surface area contributed by atoms with Gasteiger partial charge in [0.2, 0.25) is 0 Å². The van der Waals surface area contributed by atoms with Crippen LogP contribution < -0.4 is 5.32 Å². The van der Waals surface area contributed by atoms with E-state index in [0.29, 0.717) is 5.56 Å². The summed E-state index contributed by atoms with van der Waals surface area (Å²) in [7, 11) is 1.90. The Kier molecular flexibility index (Phi) is 6.49. The first-order valence-electron chi connectivity index (χ1n) is 7.93. The molecule has 2 rings (SSSR count). The number of carbonyl (C=O) groups is 1. The summed E-state index contributed by atoms with van der Waals surface area (Å²) in [5.41, 5.74) is 3.78. The Hall–Kier alpha value is -2.21.